The largest absolute Gasteiger partial charge is 0.385 e. The van der Waals surface area contributed by atoms with E-state index in [1.54, 1.807) is 36.5 Å². The SMILES string of the molecule is COCCCNC(=O)C1c2ccccc2C(=O)N(C)C1c1cccs1. The Bertz CT molecular complexity index is 745. The van der Waals surface area contributed by atoms with E-state index in [2.05, 4.69) is 5.32 Å². The van der Waals surface area contributed by atoms with Gasteiger partial charge in [0.25, 0.3) is 5.91 Å². The van der Waals surface area contributed by atoms with Gasteiger partial charge in [-0.05, 0) is 29.5 Å². The Hall–Kier alpha value is -2.18. The van der Waals surface area contributed by atoms with Crippen LogP contribution in [0.15, 0.2) is 41.8 Å². The molecule has 3 rings (SSSR count). The molecule has 0 bridgehead atoms. The third kappa shape index (κ3) is 3.45. The van der Waals surface area contributed by atoms with E-state index in [0.29, 0.717) is 18.7 Å². The van der Waals surface area contributed by atoms with Crippen LogP contribution in [0.1, 0.15) is 39.2 Å². The first-order valence-corrected chi connectivity index (χ1v) is 9.19. The fraction of sp³-hybridized carbons (Fsp3) is 0.368. The molecule has 2 atom stereocenters. The number of hydrogen-bond donors (Lipinski definition) is 1. The van der Waals surface area contributed by atoms with Gasteiger partial charge in [-0.25, -0.2) is 0 Å². The van der Waals surface area contributed by atoms with Gasteiger partial charge >= 0.3 is 0 Å². The number of carbonyl (C=O) groups is 2. The van der Waals surface area contributed by atoms with Crippen molar-refractivity contribution in [1.29, 1.82) is 0 Å². The Morgan fingerprint density at radius 3 is 2.80 bits per heavy atom. The lowest BCUT2D eigenvalue weighted by atomic mass is 9.81. The van der Waals surface area contributed by atoms with Gasteiger partial charge in [0.15, 0.2) is 0 Å². The van der Waals surface area contributed by atoms with Gasteiger partial charge < -0.3 is 15.0 Å². The first kappa shape index (κ1) is 17.6. The molecule has 2 heterocycles. The number of methoxy groups -OCH3 is 1. The highest BCUT2D eigenvalue weighted by Gasteiger charge is 2.42. The average Bonchev–Trinajstić information content (AvgIpc) is 3.15. The van der Waals surface area contributed by atoms with E-state index in [-0.39, 0.29) is 17.9 Å². The molecule has 0 fully saturated rings. The van der Waals surface area contributed by atoms with Crippen molar-refractivity contribution < 1.29 is 14.3 Å². The van der Waals surface area contributed by atoms with Gasteiger partial charge in [-0.15, -0.1) is 11.3 Å². The molecule has 1 aliphatic heterocycles. The predicted octanol–water partition coefficient (Wildman–Crippen LogP) is 2.81. The van der Waals surface area contributed by atoms with Gasteiger partial charge in [0.1, 0.15) is 0 Å². The van der Waals surface area contributed by atoms with E-state index in [1.807, 2.05) is 35.7 Å². The minimum Gasteiger partial charge on any atom is -0.385 e. The third-order valence-corrected chi connectivity index (χ3v) is 5.46. The van der Waals surface area contributed by atoms with Crippen LogP contribution in [0.3, 0.4) is 0 Å². The molecule has 1 aromatic carbocycles. The van der Waals surface area contributed by atoms with Crippen LogP contribution in [0.5, 0.6) is 0 Å². The molecule has 2 amide bonds. The number of likely N-dealkylation sites (N-methyl/N-ethyl adjacent to an activating group) is 1. The van der Waals surface area contributed by atoms with Crippen molar-refractivity contribution in [1.82, 2.24) is 10.2 Å². The molecule has 132 valence electrons. The molecule has 0 saturated carbocycles. The van der Waals surface area contributed by atoms with Crippen LogP contribution in [0.4, 0.5) is 0 Å². The van der Waals surface area contributed by atoms with Crippen LogP contribution in [0, 0.1) is 0 Å². The summed E-state index contributed by atoms with van der Waals surface area (Å²) in [6.45, 7) is 1.16. The van der Waals surface area contributed by atoms with Gasteiger partial charge in [0.2, 0.25) is 5.91 Å². The van der Waals surface area contributed by atoms with Crippen LogP contribution in [-0.4, -0.2) is 44.0 Å². The molecule has 1 aliphatic rings. The fourth-order valence-electron chi connectivity index (χ4n) is 3.31. The normalized spacial score (nSPS) is 19.6. The summed E-state index contributed by atoms with van der Waals surface area (Å²) in [6.07, 6.45) is 0.759. The number of hydrogen-bond acceptors (Lipinski definition) is 4. The smallest absolute Gasteiger partial charge is 0.254 e. The highest BCUT2D eigenvalue weighted by molar-refractivity contribution is 7.10. The topological polar surface area (TPSA) is 58.6 Å². The molecule has 1 aromatic heterocycles. The van der Waals surface area contributed by atoms with Crippen LogP contribution < -0.4 is 5.32 Å². The summed E-state index contributed by atoms with van der Waals surface area (Å²) in [5.74, 6) is -0.515. The fourth-order valence-corrected chi connectivity index (χ4v) is 4.22. The molecule has 2 unspecified atom stereocenters. The van der Waals surface area contributed by atoms with E-state index in [1.165, 1.54) is 0 Å². The summed E-state index contributed by atoms with van der Waals surface area (Å²) in [5, 5.41) is 4.98. The van der Waals surface area contributed by atoms with Crippen molar-refractivity contribution in [3.05, 3.63) is 57.8 Å². The summed E-state index contributed by atoms with van der Waals surface area (Å²) in [5.41, 5.74) is 1.41. The lowest BCUT2D eigenvalue weighted by molar-refractivity contribution is -0.124. The van der Waals surface area contributed by atoms with Gasteiger partial charge in [-0.3, -0.25) is 9.59 Å². The molecule has 5 nitrogen and oxygen atoms in total. The number of fused-ring (bicyclic) bond motifs is 1. The molecule has 0 radical (unpaired) electrons. The Labute approximate surface area is 151 Å². The summed E-state index contributed by atoms with van der Waals surface area (Å²) in [4.78, 5) is 28.5. The van der Waals surface area contributed by atoms with Gasteiger partial charge in [-0.2, -0.15) is 0 Å². The summed E-state index contributed by atoms with van der Waals surface area (Å²) < 4.78 is 5.03. The van der Waals surface area contributed by atoms with E-state index < -0.39 is 5.92 Å². The number of benzene rings is 1. The average molecular weight is 358 g/mol. The molecule has 2 aromatic rings. The van der Waals surface area contributed by atoms with E-state index >= 15 is 0 Å². The van der Waals surface area contributed by atoms with E-state index in [9.17, 15) is 9.59 Å². The highest BCUT2D eigenvalue weighted by atomic mass is 32.1. The number of carbonyl (C=O) groups excluding carboxylic acids is 2. The number of nitrogens with zero attached hydrogens (tertiary/aromatic N) is 1. The van der Waals surface area contributed by atoms with E-state index in [0.717, 1.165) is 16.9 Å². The van der Waals surface area contributed by atoms with Crippen LogP contribution in [0.25, 0.3) is 0 Å². The lowest BCUT2D eigenvalue weighted by Crippen LogP contribution is -2.45. The quantitative estimate of drug-likeness (QED) is 0.808. The summed E-state index contributed by atoms with van der Waals surface area (Å²) in [6, 6.07) is 11.1. The zero-order chi connectivity index (χ0) is 17.8. The Morgan fingerprint density at radius 2 is 2.08 bits per heavy atom. The summed E-state index contributed by atoms with van der Waals surface area (Å²) >= 11 is 1.57. The molecule has 1 N–H and O–H groups in total. The van der Waals surface area contributed by atoms with Crippen LogP contribution in [-0.2, 0) is 9.53 Å². The van der Waals surface area contributed by atoms with Gasteiger partial charge in [0, 0.05) is 37.7 Å². The zero-order valence-electron chi connectivity index (χ0n) is 14.4. The summed E-state index contributed by atoms with van der Waals surface area (Å²) in [7, 11) is 3.42. The standard InChI is InChI=1S/C19H22N2O3S/c1-21-17(15-9-5-12-25-15)16(18(22)20-10-6-11-24-2)13-7-3-4-8-14(13)19(21)23/h3-5,7-9,12,16-17H,6,10-11H2,1-2H3,(H,20,22). The van der Waals surface area contributed by atoms with Crippen molar-refractivity contribution in [3.63, 3.8) is 0 Å². The van der Waals surface area contributed by atoms with Gasteiger partial charge in [0.05, 0.1) is 12.0 Å². The second kappa shape index (κ2) is 7.80. The number of nitrogens with one attached hydrogen (secondary N) is 1. The maximum atomic E-state index is 13.0. The second-order valence-electron chi connectivity index (χ2n) is 6.08. The lowest BCUT2D eigenvalue weighted by Gasteiger charge is -2.39. The third-order valence-electron chi connectivity index (χ3n) is 4.52. The monoisotopic (exact) mass is 358 g/mol. The number of thiophene rings is 1. The molecule has 6 heteroatoms. The van der Waals surface area contributed by atoms with Crippen molar-refractivity contribution in [2.75, 3.05) is 27.3 Å². The maximum Gasteiger partial charge on any atom is 0.254 e. The van der Waals surface area contributed by atoms with Crippen molar-refractivity contribution in [3.8, 4) is 0 Å². The second-order valence-corrected chi connectivity index (χ2v) is 7.06. The van der Waals surface area contributed by atoms with Crippen molar-refractivity contribution >= 4 is 23.2 Å². The minimum atomic E-state index is -0.417. The Balaban J connectivity index is 1.96. The van der Waals surface area contributed by atoms with Crippen molar-refractivity contribution in [2.24, 2.45) is 0 Å². The maximum absolute atomic E-state index is 13.0. The minimum absolute atomic E-state index is 0.0440. The first-order valence-electron chi connectivity index (χ1n) is 8.31. The van der Waals surface area contributed by atoms with Crippen molar-refractivity contribution in [2.45, 2.75) is 18.4 Å². The first-order chi connectivity index (χ1) is 12.1. The van der Waals surface area contributed by atoms with E-state index in [4.69, 9.17) is 4.74 Å². The highest BCUT2D eigenvalue weighted by Crippen LogP contribution is 2.43. The van der Waals surface area contributed by atoms with Crippen LogP contribution >= 0.6 is 11.3 Å². The Morgan fingerprint density at radius 1 is 1.28 bits per heavy atom. The predicted molar refractivity (Wildman–Crippen MR) is 97.8 cm³/mol. The number of amides is 2. The molecule has 0 spiro atoms. The van der Waals surface area contributed by atoms with Gasteiger partial charge in [-0.1, -0.05) is 24.3 Å². The molecular weight excluding hydrogens is 336 g/mol. The zero-order valence-corrected chi connectivity index (χ0v) is 15.2. The molecule has 0 aliphatic carbocycles. The Kier molecular flexibility index (Phi) is 5.50. The molecular formula is C19H22N2O3S. The van der Waals surface area contributed by atoms with Crippen LogP contribution in [0.2, 0.25) is 0 Å². The molecule has 0 saturated heterocycles. The number of rotatable bonds is 6. The molecule has 25 heavy (non-hydrogen) atoms. The number of ether oxygens (including phenoxy) is 1.